The van der Waals surface area contributed by atoms with Gasteiger partial charge in [0.15, 0.2) is 11.6 Å². The van der Waals surface area contributed by atoms with Gasteiger partial charge in [-0.15, -0.1) is 0 Å². The zero-order chi connectivity index (χ0) is 16.2. The molecule has 0 bridgehead atoms. The lowest BCUT2D eigenvalue weighted by molar-refractivity contribution is 0.248. The van der Waals surface area contributed by atoms with E-state index >= 15 is 0 Å². The Labute approximate surface area is 140 Å². The van der Waals surface area contributed by atoms with Crippen molar-refractivity contribution < 1.29 is 4.39 Å². The summed E-state index contributed by atoms with van der Waals surface area (Å²) >= 11 is 6.03. The molecule has 0 unspecified atom stereocenters. The molecule has 1 saturated heterocycles. The number of hydrogen-bond acceptors (Lipinski definition) is 4. The first-order valence-corrected chi connectivity index (χ1v) is 8.26. The fourth-order valence-electron chi connectivity index (χ4n) is 2.87. The van der Waals surface area contributed by atoms with Crippen LogP contribution >= 0.6 is 11.6 Å². The molecular weight excluding hydrogens is 315 g/mol. The van der Waals surface area contributed by atoms with Crippen LogP contribution in [0, 0.1) is 5.82 Å². The molecule has 0 aliphatic carbocycles. The Hall–Kier alpha value is -1.72. The molecule has 0 saturated carbocycles. The molecular formula is C17H20ClFN4. The molecule has 0 spiro atoms. The average Bonchev–Trinajstić information content (AvgIpc) is 2.56. The van der Waals surface area contributed by atoms with Gasteiger partial charge in [0.1, 0.15) is 6.33 Å². The fourth-order valence-corrected chi connectivity index (χ4v) is 3.09. The van der Waals surface area contributed by atoms with Crippen molar-refractivity contribution in [3.8, 4) is 0 Å². The van der Waals surface area contributed by atoms with Crippen LogP contribution in [0.3, 0.4) is 0 Å². The standard InChI is InChI=1S/C17H20ClFN4/c1-2-15-16(19)17(21-12-20-15)23-8-6-22(7-9-23)11-13-4-3-5-14(18)10-13/h3-5,10,12H,2,6-9,11H2,1H3. The van der Waals surface area contributed by atoms with Gasteiger partial charge in [0.2, 0.25) is 0 Å². The van der Waals surface area contributed by atoms with Crippen molar-refractivity contribution in [1.82, 2.24) is 14.9 Å². The molecule has 1 fully saturated rings. The highest BCUT2D eigenvalue weighted by Crippen LogP contribution is 2.20. The predicted molar refractivity (Wildman–Crippen MR) is 90.3 cm³/mol. The summed E-state index contributed by atoms with van der Waals surface area (Å²) in [7, 11) is 0. The number of benzene rings is 1. The second-order valence-corrected chi connectivity index (χ2v) is 6.14. The van der Waals surface area contributed by atoms with E-state index in [1.54, 1.807) is 0 Å². The monoisotopic (exact) mass is 334 g/mol. The van der Waals surface area contributed by atoms with Gasteiger partial charge in [-0.05, 0) is 24.1 Å². The highest BCUT2D eigenvalue weighted by molar-refractivity contribution is 6.30. The Bertz CT molecular complexity index is 671. The summed E-state index contributed by atoms with van der Waals surface area (Å²) in [6.07, 6.45) is 2.03. The third-order valence-electron chi connectivity index (χ3n) is 4.15. The van der Waals surface area contributed by atoms with E-state index in [0.717, 1.165) is 37.7 Å². The van der Waals surface area contributed by atoms with Crippen LogP contribution in [-0.2, 0) is 13.0 Å². The summed E-state index contributed by atoms with van der Waals surface area (Å²) in [5.41, 5.74) is 1.68. The number of nitrogens with zero attached hydrogens (tertiary/aromatic N) is 4. The number of aryl methyl sites for hydroxylation is 1. The molecule has 1 aromatic carbocycles. The first-order valence-electron chi connectivity index (χ1n) is 7.88. The topological polar surface area (TPSA) is 32.3 Å². The number of piperazine rings is 1. The lowest BCUT2D eigenvalue weighted by atomic mass is 10.2. The lowest BCUT2D eigenvalue weighted by Gasteiger charge is -2.35. The third kappa shape index (κ3) is 3.79. The molecule has 2 heterocycles. The van der Waals surface area contributed by atoms with E-state index in [1.807, 2.05) is 30.0 Å². The minimum Gasteiger partial charge on any atom is -0.352 e. The smallest absolute Gasteiger partial charge is 0.187 e. The van der Waals surface area contributed by atoms with Gasteiger partial charge in [0.25, 0.3) is 0 Å². The quantitative estimate of drug-likeness (QED) is 0.859. The highest BCUT2D eigenvalue weighted by Gasteiger charge is 2.22. The Kier molecular flexibility index (Phi) is 5.08. The minimum absolute atomic E-state index is 0.279. The summed E-state index contributed by atoms with van der Waals surface area (Å²) in [4.78, 5) is 12.5. The number of anilines is 1. The molecule has 2 aromatic rings. The summed E-state index contributed by atoms with van der Waals surface area (Å²) < 4.78 is 14.4. The van der Waals surface area contributed by atoms with Crippen LogP contribution in [0.1, 0.15) is 18.2 Å². The van der Waals surface area contributed by atoms with Crippen molar-refractivity contribution in [2.45, 2.75) is 19.9 Å². The van der Waals surface area contributed by atoms with Gasteiger partial charge in [-0.25, -0.2) is 14.4 Å². The number of rotatable bonds is 4. The number of hydrogen-bond donors (Lipinski definition) is 0. The van der Waals surface area contributed by atoms with E-state index in [4.69, 9.17) is 11.6 Å². The van der Waals surface area contributed by atoms with Crippen LogP contribution in [0.15, 0.2) is 30.6 Å². The van der Waals surface area contributed by atoms with Crippen LogP contribution in [0.5, 0.6) is 0 Å². The van der Waals surface area contributed by atoms with Crippen LogP contribution in [0.2, 0.25) is 5.02 Å². The highest BCUT2D eigenvalue weighted by atomic mass is 35.5. The van der Waals surface area contributed by atoms with Crippen molar-refractivity contribution in [1.29, 1.82) is 0 Å². The van der Waals surface area contributed by atoms with Crippen molar-refractivity contribution >= 4 is 17.4 Å². The molecule has 3 rings (SSSR count). The Morgan fingerprint density at radius 1 is 1.17 bits per heavy atom. The molecule has 0 amide bonds. The molecule has 6 heteroatoms. The zero-order valence-corrected chi connectivity index (χ0v) is 13.9. The van der Waals surface area contributed by atoms with Crippen molar-refractivity contribution in [2.24, 2.45) is 0 Å². The van der Waals surface area contributed by atoms with Crippen molar-refractivity contribution in [2.75, 3.05) is 31.1 Å². The molecule has 1 aliphatic heterocycles. The Morgan fingerprint density at radius 2 is 1.96 bits per heavy atom. The number of aromatic nitrogens is 2. The van der Waals surface area contributed by atoms with Gasteiger partial charge in [-0.2, -0.15) is 0 Å². The van der Waals surface area contributed by atoms with Gasteiger partial charge in [-0.1, -0.05) is 30.7 Å². The average molecular weight is 335 g/mol. The molecule has 4 nitrogen and oxygen atoms in total. The maximum absolute atomic E-state index is 14.4. The molecule has 122 valence electrons. The van der Waals surface area contributed by atoms with E-state index in [1.165, 1.54) is 11.9 Å². The van der Waals surface area contributed by atoms with E-state index in [2.05, 4.69) is 20.9 Å². The zero-order valence-electron chi connectivity index (χ0n) is 13.2. The maximum Gasteiger partial charge on any atom is 0.187 e. The van der Waals surface area contributed by atoms with Crippen LogP contribution in [0.25, 0.3) is 0 Å². The second kappa shape index (κ2) is 7.23. The van der Waals surface area contributed by atoms with Gasteiger partial charge < -0.3 is 4.90 Å². The lowest BCUT2D eigenvalue weighted by Crippen LogP contribution is -2.46. The third-order valence-corrected chi connectivity index (χ3v) is 4.38. The molecule has 0 atom stereocenters. The van der Waals surface area contributed by atoms with Crippen molar-refractivity contribution in [3.05, 3.63) is 52.7 Å². The number of halogens is 2. The molecule has 1 aliphatic rings. The summed E-state index contributed by atoms with van der Waals surface area (Å²) in [6.45, 7) is 6.03. The molecule has 0 N–H and O–H groups in total. The van der Waals surface area contributed by atoms with E-state index in [-0.39, 0.29) is 5.82 Å². The van der Waals surface area contributed by atoms with E-state index in [9.17, 15) is 4.39 Å². The SMILES string of the molecule is CCc1ncnc(N2CCN(Cc3cccc(Cl)c3)CC2)c1F. The van der Waals surface area contributed by atoms with Crippen LogP contribution < -0.4 is 4.90 Å². The fraction of sp³-hybridized carbons (Fsp3) is 0.412. The Morgan fingerprint density at radius 3 is 2.65 bits per heavy atom. The molecule has 1 aromatic heterocycles. The summed E-state index contributed by atoms with van der Waals surface area (Å²) in [5, 5.41) is 0.760. The summed E-state index contributed by atoms with van der Waals surface area (Å²) in [6, 6.07) is 7.92. The van der Waals surface area contributed by atoms with Gasteiger partial charge in [0.05, 0.1) is 5.69 Å². The first kappa shape index (κ1) is 16.1. The van der Waals surface area contributed by atoms with Crippen LogP contribution in [0.4, 0.5) is 10.2 Å². The largest absolute Gasteiger partial charge is 0.352 e. The second-order valence-electron chi connectivity index (χ2n) is 5.70. The van der Waals surface area contributed by atoms with Crippen LogP contribution in [-0.4, -0.2) is 41.0 Å². The van der Waals surface area contributed by atoms with Gasteiger partial charge in [-0.3, -0.25) is 4.90 Å². The Balaban J connectivity index is 1.62. The van der Waals surface area contributed by atoms with E-state index < -0.39 is 0 Å². The normalized spacial score (nSPS) is 15.9. The minimum atomic E-state index is -0.279. The first-order chi connectivity index (χ1) is 11.2. The van der Waals surface area contributed by atoms with Gasteiger partial charge in [0, 0.05) is 37.7 Å². The van der Waals surface area contributed by atoms with E-state index in [0.29, 0.717) is 17.9 Å². The molecule has 0 radical (unpaired) electrons. The predicted octanol–water partition coefficient (Wildman–Crippen LogP) is 3.15. The molecule has 23 heavy (non-hydrogen) atoms. The maximum atomic E-state index is 14.4. The summed E-state index contributed by atoms with van der Waals surface area (Å²) in [5.74, 6) is 0.151. The van der Waals surface area contributed by atoms with Gasteiger partial charge >= 0.3 is 0 Å². The van der Waals surface area contributed by atoms with Crippen molar-refractivity contribution in [3.63, 3.8) is 0 Å².